The molecule has 0 radical (unpaired) electrons. The number of carboxylic acid groups (broad SMARTS) is 1. The van der Waals surface area contributed by atoms with Gasteiger partial charge >= 0.3 is 29.6 Å². The van der Waals surface area contributed by atoms with E-state index in [4.69, 9.17) is 23.2 Å². The quantitative estimate of drug-likeness (QED) is 0.390. The third kappa shape index (κ3) is 7.29. The van der Waals surface area contributed by atoms with E-state index in [1.165, 1.54) is 12.1 Å². The maximum atomic E-state index is 12.9. The fourth-order valence-electron chi connectivity index (χ4n) is 3.35. The van der Waals surface area contributed by atoms with Gasteiger partial charge in [0.05, 0.1) is 26.9 Å². The molecule has 34 heavy (non-hydrogen) atoms. The van der Waals surface area contributed by atoms with Crippen molar-refractivity contribution in [1.29, 1.82) is 0 Å². The van der Waals surface area contributed by atoms with E-state index in [-0.39, 0.29) is 56.0 Å². The number of sulfone groups is 1. The number of nitrogens with one attached hydrogen (secondary N) is 1. The zero-order valence-electron chi connectivity index (χ0n) is 18.7. The van der Waals surface area contributed by atoms with Gasteiger partial charge < -0.3 is 20.3 Å². The van der Waals surface area contributed by atoms with E-state index in [2.05, 4.69) is 5.32 Å². The minimum Gasteiger partial charge on any atom is -0.545 e. The first-order valence-corrected chi connectivity index (χ1v) is 12.3. The molecule has 6 nitrogen and oxygen atoms in total. The van der Waals surface area contributed by atoms with Gasteiger partial charge in [0.1, 0.15) is 0 Å². The second-order valence-electron chi connectivity index (χ2n) is 7.66. The Kier molecular flexibility index (Phi) is 10.6. The molecule has 0 aromatic heterocycles. The minimum atomic E-state index is -3.92. The number of carbonyl (C=O) groups excluding carboxylic acids is 1. The van der Waals surface area contributed by atoms with Gasteiger partial charge in [-0.15, -0.1) is 0 Å². The van der Waals surface area contributed by atoms with E-state index in [9.17, 15) is 23.4 Å². The number of carbonyl (C=O) groups is 1. The molecular formula is C24H22Cl2NNaO5S. The monoisotopic (exact) mass is 529 g/mol. The Morgan fingerprint density at radius 2 is 1.74 bits per heavy atom. The van der Waals surface area contributed by atoms with Crippen molar-refractivity contribution in [3.8, 4) is 0 Å². The molecule has 0 spiro atoms. The fourth-order valence-corrected chi connectivity index (χ4v) is 5.34. The smallest absolute Gasteiger partial charge is 0.545 e. The molecule has 0 saturated heterocycles. The molecular weight excluding hydrogens is 508 g/mol. The van der Waals surface area contributed by atoms with Gasteiger partial charge in [-0.25, -0.2) is 8.42 Å². The standard InChI is InChI=1S/C24H23Cl2NO5S.Na/c1-15(27-14-22(28)17-3-2-4-19(25)12-17)11-16-5-8-20(9-6-16)33(31,32)23-10-7-18(24(29)30)13-21(23)26;/h2-10,12-13,15,22,27-28H,11,14H2,1H3,(H,29,30);/q;+1/p-1/t15-,22+;/m1./s1. The molecule has 0 saturated carbocycles. The van der Waals surface area contributed by atoms with E-state index < -0.39 is 21.9 Å². The Bertz CT molecular complexity index is 1250. The molecule has 0 aliphatic heterocycles. The van der Waals surface area contributed by atoms with Gasteiger partial charge in [0, 0.05) is 17.6 Å². The first kappa shape index (κ1) is 28.8. The number of aliphatic hydroxyl groups excluding tert-OH is 1. The normalized spacial score (nSPS) is 13.1. The number of hydrogen-bond donors (Lipinski definition) is 2. The first-order chi connectivity index (χ1) is 15.6. The molecule has 2 N–H and O–H groups in total. The van der Waals surface area contributed by atoms with E-state index in [0.29, 0.717) is 18.0 Å². The Labute approximate surface area is 231 Å². The van der Waals surface area contributed by atoms with Gasteiger partial charge in [0.2, 0.25) is 9.84 Å². The summed E-state index contributed by atoms with van der Waals surface area (Å²) in [5.74, 6) is -1.44. The molecule has 0 amide bonds. The zero-order chi connectivity index (χ0) is 24.2. The third-order valence-electron chi connectivity index (χ3n) is 5.13. The van der Waals surface area contributed by atoms with Gasteiger partial charge in [-0.2, -0.15) is 0 Å². The van der Waals surface area contributed by atoms with Crippen LogP contribution in [0.5, 0.6) is 0 Å². The zero-order valence-corrected chi connectivity index (χ0v) is 23.0. The van der Waals surface area contributed by atoms with Crippen LogP contribution in [-0.4, -0.2) is 32.1 Å². The number of benzene rings is 3. The van der Waals surface area contributed by atoms with Crippen molar-refractivity contribution in [2.45, 2.75) is 35.3 Å². The molecule has 10 heteroatoms. The average Bonchev–Trinajstić information content (AvgIpc) is 2.77. The summed E-state index contributed by atoms with van der Waals surface area (Å²) in [6.07, 6.45) is -0.0874. The van der Waals surface area contributed by atoms with Crippen molar-refractivity contribution in [3.63, 3.8) is 0 Å². The van der Waals surface area contributed by atoms with Crippen LogP contribution in [0.25, 0.3) is 0 Å². The van der Waals surface area contributed by atoms with Crippen LogP contribution in [0.3, 0.4) is 0 Å². The molecule has 2 atom stereocenters. The predicted octanol–water partition coefficient (Wildman–Crippen LogP) is 0.448. The molecule has 3 aromatic rings. The van der Waals surface area contributed by atoms with Gasteiger partial charge in [0.25, 0.3) is 0 Å². The molecule has 0 fully saturated rings. The molecule has 0 heterocycles. The molecule has 0 unspecified atom stereocenters. The fraction of sp³-hybridized carbons (Fsp3) is 0.208. The third-order valence-corrected chi connectivity index (χ3v) is 7.61. The van der Waals surface area contributed by atoms with Gasteiger partial charge in [-0.05, 0) is 66.4 Å². The second kappa shape index (κ2) is 12.5. The number of aliphatic hydroxyl groups is 1. The number of aromatic carboxylic acids is 1. The van der Waals surface area contributed by atoms with Crippen molar-refractivity contribution in [2.75, 3.05) is 6.54 Å². The van der Waals surface area contributed by atoms with E-state index in [1.807, 2.05) is 6.92 Å². The van der Waals surface area contributed by atoms with Gasteiger partial charge in [0.15, 0.2) is 0 Å². The number of hydrogen-bond acceptors (Lipinski definition) is 6. The van der Waals surface area contributed by atoms with E-state index >= 15 is 0 Å². The molecule has 0 aliphatic carbocycles. The van der Waals surface area contributed by atoms with Crippen LogP contribution >= 0.6 is 23.2 Å². The van der Waals surface area contributed by atoms with Crippen molar-refractivity contribution >= 4 is 39.0 Å². The summed E-state index contributed by atoms with van der Waals surface area (Å²) in [6.45, 7) is 2.31. The molecule has 174 valence electrons. The van der Waals surface area contributed by atoms with Crippen LogP contribution in [0, 0.1) is 0 Å². The molecule has 0 aliphatic rings. The summed E-state index contributed by atoms with van der Waals surface area (Å²) in [7, 11) is -3.92. The van der Waals surface area contributed by atoms with Crippen LogP contribution in [-0.2, 0) is 16.3 Å². The van der Waals surface area contributed by atoms with Gasteiger partial charge in [-0.1, -0.05) is 53.5 Å². The predicted molar refractivity (Wildman–Crippen MR) is 125 cm³/mol. The SMILES string of the molecule is C[C@H](Cc1ccc(S(=O)(=O)c2ccc(C(=O)[O-])cc2Cl)cc1)NC[C@H](O)c1cccc(Cl)c1.[Na+]. The summed E-state index contributed by atoms with van der Waals surface area (Å²) >= 11 is 12.0. The Balaban J connectivity index is 0.00000408. The summed E-state index contributed by atoms with van der Waals surface area (Å²) in [6, 6.07) is 16.8. The minimum absolute atomic E-state index is 0. The maximum Gasteiger partial charge on any atom is 1.00 e. The molecule has 0 bridgehead atoms. The number of halogens is 2. The van der Waals surface area contributed by atoms with Crippen LogP contribution in [0.15, 0.2) is 76.5 Å². The number of rotatable bonds is 9. The van der Waals surface area contributed by atoms with E-state index in [0.717, 1.165) is 29.3 Å². The Hall–Kier alpha value is -1.42. The second-order valence-corrected chi connectivity index (χ2v) is 10.4. The van der Waals surface area contributed by atoms with Crippen molar-refractivity contribution in [2.24, 2.45) is 0 Å². The van der Waals surface area contributed by atoms with Gasteiger partial charge in [-0.3, -0.25) is 0 Å². The molecule has 3 rings (SSSR count). The summed E-state index contributed by atoms with van der Waals surface area (Å²) in [5, 5.41) is 24.9. The van der Waals surface area contributed by atoms with E-state index in [1.54, 1.807) is 36.4 Å². The maximum absolute atomic E-state index is 12.9. The Morgan fingerprint density at radius 1 is 1.06 bits per heavy atom. The van der Waals surface area contributed by atoms with Crippen molar-refractivity contribution < 1.29 is 53.0 Å². The topological polar surface area (TPSA) is 107 Å². The summed E-state index contributed by atoms with van der Waals surface area (Å²) < 4.78 is 25.8. The van der Waals surface area contributed by atoms with Crippen LogP contribution < -0.4 is 40.0 Å². The summed E-state index contributed by atoms with van der Waals surface area (Å²) in [4.78, 5) is 10.8. The molecule has 3 aromatic carbocycles. The largest absolute Gasteiger partial charge is 1.00 e. The number of carboxylic acids is 1. The summed E-state index contributed by atoms with van der Waals surface area (Å²) in [5.41, 5.74) is 1.43. The average molecular weight is 530 g/mol. The first-order valence-electron chi connectivity index (χ1n) is 10.1. The van der Waals surface area contributed by atoms with Crippen LogP contribution in [0.1, 0.15) is 34.5 Å². The van der Waals surface area contributed by atoms with Crippen molar-refractivity contribution in [1.82, 2.24) is 5.32 Å². The van der Waals surface area contributed by atoms with Crippen LogP contribution in [0.4, 0.5) is 0 Å². The Morgan fingerprint density at radius 3 is 2.32 bits per heavy atom. The van der Waals surface area contributed by atoms with Crippen molar-refractivity contribution in [3.05, 3.63) is 93.5 Å². The van der Waals surface area contributed by atoms with Crippen LogP contribution in [0.2, 0.25) is 10.0 Å².